The second-order valence-corrected chi connectivity index (χ2v) is 8.41. The minimum absolute atomic E-state index is 0.468. The van der Waals surface area contributed by atoms with Gasteiger partial charge in [0.1, 0.15) is 0 Å². The van der Waals surface area contributed by atoms with E-state index >= 15 is 0 Å². The van der Waals surface area contributed by atoms with Crippen LogP contribution in [-0.2, 0) is 10.0 Å². The first-order valence-corrected chi connectivity index (χ1v) is 9.98. The lowest BCUT2D eigenvalue weighted by Gasteiger charge is -2.19. The molecule has 0 aromatic heterocycles. The third-order valence-electron chi connectivity index (χ3n) is 5.32. The molecular formula is C19H29NO2S. The monoisotopic (exact) mass is 335 g/mol. The summed E-state index contributed by atoms with van der Waals surface area (Å²) in [6.45, 7) is 10.4. The Morgan fingerprint density at radius 3 is 2.00 bits per heavy atom. The van der Waals surface area contributed by atoms with Crippen molar-refractivity contribution in [1.29, 1.82) is 0 Å². The van der Waals surface area contributed by atoms with Gasteiger partial charge < -0.3 is 0 Å². The third-order valence-corrected chi connectivity index (χ3v) is 7.06. The van der Waals surface area contributed by atoms with Crippen molar-refractivity contribution >= 4 is 10.0 Å². The molecule has 0 saturated heterocycles. The van der Waals surface area contributed by atoms with Crippen LogP contribution in [0.1, 0.15) is 59.9 Å². The first kappa shape index (κ1) is 18.2. The van der Waals surface area contributed by atoms with Crippen molar-refractivity contribution in [3.63, 3.8) is 0 Å². The Kier molecular flexibility index (Phi) is 5.69. The van der Waals surface area contributed by atoms with E-state index in [0.717, 1.165) is 41.5 Å². The molecule has 1 aromatic carbocycles. The molecule has 1 aliphatic carbocycles. The second kappa shape index (κ2) is 7.18. The lowest BCUT2D eigenvalue weighted by atomic mass is 9.95. The van der Waals surface area contributed by atoms with Gasteiger partial charge in [-0.25, -0.2) is 13.1 Å². The van der Waals surface area contributed by atoms with Crippen molar-refractivity contribution in [2.75, 3.05) is 6.54 Å². The molecule has 3 nitrogen and oxygen atoms in total. The van der Waals surface area contributed by atoms with E-state index in [-0.39, 0.29) is 0 Å². The quantitative estimate of drug-likeness (QED) is 0.811. The SMILES string of the molecule is Cc1c(C)c(C)c(S(=O)(=O)NCCC2=CCCCC2)c(C)c1C. The normalized spacial score (nSPS) is 15.6. The lowest BCUT2D eigenvalue weighted by molar-refractivity contribution is 0.578. The number of allylic oxidation sites excluding steroid dienone is 1. The van der Waals surface area contributed by atoms with Crippen molar-refractivity contribution in [2.24, 2.45) is 0 Å². The second-order valence-electron chi connectivity index (χ2n) is 6.71. The number of hydrogen-bond donors (Lipinski definition) is 1. The molecule has 1 aliphatic rings. The van der Waals surface area contributed by atoms with Gasteiger partial charge in [0, 0.05) is 6.54 Å². The van der Waals surface area contributed by atoms with Crippen molar-refractivity contribution in [1.82, 2.24) is 4.72 Å². The van der Waals surface area contributed by atoms with Gasteiger partial charge in [0.25, 0.3) is 0 Å². The molecule has 0 atom stereocenters. The van der Waals surface area contributed by atoms with Gasteiger partial charge in [-0.15, -0.1) is 0 Å². The summed E-state index contributed by atoms with van der Waals surface area (Å²) >= 11 is 0. The van der Waals surface area contributed by atoms with Crippen molar-refractivity contribution in [3.05, 3.63) is 39.5 Å². The largest absolute Gasteiger partial charge is 0.241 e. The van der Waals surface area contributed by atoms with Gasteiger partial charge in [-0.1, -0.05) is 11.6 Å². The van der Waals surface area contributed by atoms with Gasteiger partial charge in [-0.05, 0) is 94.5 Å². The zero-order valence-corrected chi connectivity index (χ0v) is 15.9. The molecule has 0 saturated carbocycles. The fraction of sp³-hybridized carbons (Fsp3) is 0.579. The summed E-state index contributed by atoms with van der Waals surface area (Å²) in [6, 6.07) is 0. The fourth-order valence-corrected chi connectivity index (χ4v) is 5.05. The topological polar surface area (TPSA) is 46.2 Å². The van der Waals surface area contributed by atoms with Crippen LogP contribution in [0.25, 0.3) is 0 Å². The highest BCUT2D eigenvalue weighted by Gasteiger charge is 2.23. The molecule has 4 heteroatoms. The summed E-state index contributed by atoms with van der Waals surface area (Å²) in [5.41, 5.74) is 6.46. The summed E-state index contributed by atoms with van der Waals surface area (Å²) in [5.74, 6) is 0. The van der Waals surface area contributed by atoms with Gasteiger partial charge in [-0.3, -0.25) is 0 Å². The van der Waals surface area contributed by atoms with E-state index in [1.54, 1.807) is 0 Å². The average molecular weight is 336 g/mol. The molecule has 23 heavy (non-hydrogen) atoms. The zero-order valence-electron chi connectivity index (χ0n) is 15.0. The van der Waals surface area contributed by atoms with E-state index in [4.69, 9.17) is 0 Å². The molecule has 0 unspecified atom stereocenters. The summed E-state index contributed by atoms with van der Waals surface area (Å²) in [4.78, 5) is 0.468. The fourth-order valence-electron chi connectivity index (χ4n) is 3.42. The van der Waals surface area contributed by atoms with Gasteiger partial charge in [0.05, 0.1) is 4.90 Å². The predicted octanol–water partition coefficient (Wildman–Crippen LogP) is 4.40. The van der Waals surface area contributed by atoms with Crippen LogP contribution in [0.15, 0.2) is 16.5 Å². The smallest absolute Gasteiger partial charge is 0.211 e. The van der Waals surface area contributed by atoms with E-state index in [1.165, 1.54) is 24.0 Å². The highest BCUT2D eigenvalue weighted by Crippen LogP contribution is 2.29. The average Bonchev–Trinajstić information content (AvgIpc) is 2.52. The molecule has 0 radical (unpaired) electrons. The Hall–Kier alpha value is -1.13. The van der Waals surface area contributed by atoms with Crippen LogP contribution >= 0.6 is 0 Å². The van der Waals surface area contributed by atoms with Crippen molar-refractivity contribution < 1.29 is 8.42 Å². The summed E-state index contributed by atoms with van der Waals surface area (Å²) in [6.07, 6.45) is 7.83. The highest BCUT2D eigenvalue weighted by molar-refractivity contribution is 7.89. The maximum Gasteiger partial charge on any atom is 0.241 e. The minimum Gasteiger partial charge on any atom is -0.211 e. The van der Waals surface area contributed by atoms with Crippen LogP contribution in [0.4, 0.5) is 0 Å². The molecule has 0 amide bonds. The predicted molar refractivity (Wildman–Crippen MR) is 96.5 cm³/mol. The van der Waals surface area contributed by atoms with Crippen molar-refractivity contribution in [2.45, 2.75) is 71.6 Å². The number of rotatable bonds is 5. The van der Waals surface area contributed by atoms with E-state index < -0.39 is 10.0 Å². The van der Waals surface area contributed by atoms with Gasteiger partial charge in [0.2, 0.25) is 10.0 Å². The molecule has 0 fully saturated rings. The van der Waals surface area contributed by atoms with Gasteiger partial charge in [-0.2, -0.15) is 0 Å². The molecule has 0 spiro atoms. The van der Waals surface area contributed by atoms with Crippen molar-refractivity contribution in [3.8, 4) is 0 Å². The number of sulfonamides is 1. The molecule has 0 bridgehead atoms. The van der Waals surface area contributed by atoms with Gasteiger partial charge >= 0.3 is 0 Å². The number of nitrogens with one attached hydrogen (secondary N) is 1. The maximum atomic E-state index is 12.8. The number of benzene rings is 1. The van der Waals surface area contributed by atoms with Crippen LogP contribution in [0, 0.1) is 34.6 Å². The van der Waals surface area contributed by atoms with Gasteiger partial charge in [0.15, 0.2) is 0 Å². The highest BCUT2D eigenvalue weighted by atomic mass is 32.2. The first-order valence-electron chi connectivity index (χ1n) is 8.50. The maximum absolute atomic E-state index is 12.8. The standard InChI is InChI=1S/C19H29NO2S/c1-13-14(2)16(4)19(17(5)15(13)3)23(21,22)20-12-11-18-9-7-6-8-10-18/h9,20H,6-8,10-12H2,1-5H3. The molecule has 128 valence electrons. The molecule has 0 heterocycles. The molecule has 1 aromatic rings. The van der Waals surface area contributed by atoms with Crippen LogP contribution in [-0.4, -0.2) is 15.0 Å². The molecule has 2 rings (SSSR count). The van der Waals surface area contributed by atoms with Crippen LogP contribution in [0.2, 0.25) is 0 Å². The Morgan fingerprint density at radius 2 is 1.48 bits per heavy atom. The Balaban J connectivity index is 2.21. The first-order chi connectivity index (χ1) is 10.8. The van der Waals surface area contributed by atoms with Crippen LogP contribution < -0.4 is 4.72 Å². The zero-order chi connectivity index (χ0) is 17.2. The molecule has 0 aliphatic heterocycles. The summed E-state index contributed by atoms with van der Waals surface area (Å²) in [7, 11) is -3.46. The lowest BCUT2D eigenvalue weighted by Crippen LogP contribution is -2.27. The van der Waals surface area contributed by atoms with Crippen LogP contribution in [0.5, 0.6) is 0 Å². The minimum atomic E-state index is -3.46. The van der Waals surface area contributed by atoms with E-state index in [0.29, 0.717) is 11.4 Å². The number of hydrogen-bond acceptors (Lipinski definition) is 2. The van der Waals surface area contributed by atoms with E-state index in [2.05, 4.69) is 17.7 Å². The van der Waals surface area contributed by atoms with E-state index in [1.807, 2.05) is 27.7 Å². The molecule has 1 N–H and O–H groups in total. The Morgan fingerprint density at radius 1 is 0.913 bits per heavy atom. The Bertz CT molecular complexity index is 701. The molecular weight excluding hydrogens is 306 g/mol. The summed E-state index contributed by atoms with van der Waals surface area (Å²) in [5, 5.41) is 0. The third kappa shape index (κ3) is 3.86. The Labute approximate surface area is 141 Å². The van der Waals surface area contributed by atoms with Crippen LogP contribution in [0.3, 0.4) is 0 Å². The summed E-state index contributed by atoms with van der Waals surface area (Å²) < 4.78 is 28.4. The van der Waals surface area contributed by atoms with E-state index in [9.17, 15) is 8.42 Å².